The summed E-state index contributed by atoms with van der Waals surface area (Å²) in [5.41, 5.74) is 1.16. The van der Waals surface area contributed by atoms with Crippen molar-refractivity contribution in [1.82, 2.24) is 9.71 Å². The van der Waals surface area contributed by atoms with E-state index in [-0.39, 0.29) is 23.1 Å². The molecule has 2 heterocycles. The van der Waals surface area contributed by atoms with Crippen molar-refractivity contribution >= 4 is 27.5 Å². The van der Waals surface area contributed by atoms with E-state index >= 15 is 0 Å². The Balaban J connectivity index is 1.71. The number of rotatable bonds is 6. The minimum absolute atomic E-state index is 0.0285. The molecule has 0 unspecified atom stereocenters. The molecular weight excluding hydrogens is 354 g/mol. The zero-order valence-electron chi connectivity index (χ0n) is 14.3. The Hall–Kier alpha value is -2.58. The summed E-state index contributed by atoms with van der Waals surface area (Å²) in [7, 11) is -3.71. The summed E-state index contributed by atoms with van der Waals surface area (Å²) in [6, 6.07) is 9.19. The molecule has 7 nitrogen and oxygen atoms in total. The number of amides is 1. The molecule has 1 aliphatic rings. The third-order valence-electron chi connectivity index (χ3n) is 4.20. The molecule has 1 aliphatic heterocycles. The van der Waals surface area contributed by atoms with Gasteiger partial charge in [-0.3, -0.25) is 14.5 Å². The highest BCUT2D eigenvalue weighted by molar-refractivity contribution is 7.89. The van der Waals surface area contributed by atoms with E-state index in [0.29, 0.717) is 29.9 Å². The van der Waals surface area contributed by atoms with E-state index in [9.17, 15) is 18.0 Å². The molecule has 0 saturated carbocycles. The van der Waals surface area contributed by atoms with E-state index in [0.717, 1.165) is 6.42 Å². The summed E-state index contributed by atoms with van der Waals surface area (Å²) in [6.45, 7) is 2.13. The van der Waals surface area contributed by atoms with Crippen molar-refractivity contribution < 1.29 is 18.0 Å². The summed E-state index contributed by atoms with van der Waals surface area (Å²) < 4.78 is 27.3. The average molecular weight is 373 g/mol. The molecule has 1 aromatic carbocycles. The number of aromatic nitrogens is 1. The number of hydrogen-bond donors (Lipinski definition) is 1. The average Bonchev–Trinajstić information content (AvgIpc) is 3.06. The third kappa shape index (κ3) is 3.97. The molecule has 1 amide bonds. The van der Waals surface area contributed by atoms with Crippen LogP contribution in [0.4, 0.5) is 5.82 Å². The molecule has 1 fully saturated rings. The summed E-state index contributed by atoms with van der Waals surface area (Å²) in [5.74, 6) is 0.443. The molecule has 1 N–H and O–H groups in total. The van der Waals surface area contributed by atoms with Crippen molar-refractivity contribution in [2.75, 3.05) is 11.4 Å². The van der Waals surface area contributed by atoms with E-state index in [1.165, 1.54) is 31.2 Å². The van der Waals surface area contributed by atoms with Gasteiger partial charge in [0.25, 0.3) is 0 Å². The molecular formula is C18H19N3O4S. The zero-order chi connectivity index (χ0) is 18.7. The van der Waals surface area contributed by atoms with Gasteiger partial charge in [0, 0.05) is 31.3 Å². The van der Waals surface area contributed by atoms with E-state index in [4.69, 9.17) is 0 Å². The van der Waals surface area contributed by atoms with Crippen LogP contribution in [-0.2, 0) is 21.4 Å². The van der Waals surface area contributed by atoms with Gasteiger partial charge >= 0.3 is 0 Å². The van der Waals surface area contributed by atoms with Gasteiger partial charge in [-0.2, -0.15) is 0 Å². The van der Waals surface area contributed by atoms with Crippen molar-refractivity contribution in [1.29, 1.82) is 0 Å². The lowest BCUT2D eigenvalue weighted by molar-refractivity contribution is -0.117. The van der Waals surface area contributed by atoms with Crippen LogP contribution >= 0.6 is 0 Å². The number of sulfonamides is 1. The van der Waals surface area contributed by atoms with Crippen LogP contribution in [0.3, 0.4) is 0 Å². The van der Waals surface area contributed by atoms with Gasteiger partial charge in [0.1, 0.15) is 5.82 Å². The van der Waals surface area contributed by atoms with Gasteiger partial charge in [0.15, 0.2) is 5.78 Å². The SMILES string of the molecule is CC(=O)c1ccc(S(=O)(=O)NCc2ccnc(N3CCCC3=O)c2)cc1. The van der Waals surface area contributed by atoms with Crippen LogP contribution < -0.4 is 9.62 Å². The first-order valence-corrected chi connectivity index (χ1v) is 9.71. The second-order valence-electron chi connectivity index (χ2n) is 6.08. The Morgan fingerprint density at radius 2 is 1.96 bits per heavy atom. The largest absolute Gasteiger partial charge is 0.297 e. The predicted octanol–water partition coefficient (Wildman–Crippen LogP) is 1.89. The molecule has 3 rings (SSSR count). The minimum Gasteiger partial charge on any atom is -0.297 e. The second-order valence-corrected chi connectivity index (χ2v) is 7.84. The predicted molar refractivity (Wildman–Crippen MR) is 96.3 cm³/mol. The van der Waals surface area contributed by atoms with Gasteiger partial charge in [0.2, 0.25) is 15.9 Å². The molecule has 0 aliphatic carbocycles. The van der Waals surface area contributed by atoms with E-state index in [2.05, 4.69) is 9.71 Å². The van der Waals surface area contributed by atoms with Crippen LogP contribution in [0.15, 0.2) is 47.5 Å². The van der Waals surface area contributed by atoms with E-state index in [1.807, 2.05) is 0 Å². The first-order valence-electron chi connectivity index (χ1n) is 8.23. The first-order chi connectivity index (χ1) is 12.4. The second kappa shape index (κ2) is 7.35. The highest BCUT2D eigenvalue weighted by Crippen LogP contribution is 2.20. The fourth-order valence-corrected chi connectivity index (χ4v) is 3.76. The number of carbonyl (C=O) groups is 2. The Bertz CT molecular complexity index is 939. The minimum atomic E-state index is -3.71. The molecule has 8 heteroatoms. The van der Waals surface area contributed by atoms with Gasteiger partial charge in [0.05, 0.1) is 4.90 Å². The van der Waals surface area contributed by atoms with Crippen molar-refractivity contribution in [2.24, 2.45) is 0 Å². The molecule has 0 spiro atoms. The maximum absolute atomic E-state index is 12.4. The molecule has 0 bridgehead atoms. The summed E-state index contributed by atoms with van der Waals surface area (Å²) in [5, 5.41) is 0. The number of nitrogens with one attached hydrogen (secondary N) is 1. The highest BCUT2D eigenvalue weighted by atomic mass is 32.2. The number of hydrogen-bond acceptors (Lipinski definition) is 5. The summed E-state index contributed by atoms with van der Waals surface area (Å²) in [4.78, 5) is 29.0. The number of anilines is 1. The highest BCUT2D eigenvalue weighted by Gasteiger charge is 2.23. The number of carbonyl (C=O) groups excluding carboxylic acids is 2. The Morgan fingerprint density at radius 3 is 2.58 bits per heavy atom. The Labute approximate surface area is 152 Å². The van der Waals surface area contributed by atoms with Gasteiger partial charge in [-0.1, -0.05) is 12.1 Å². The van der Waals surface area contributed by atoms with Gasteiger partial charge in [-0.05, 0) is 43.2 Å². The van der Waals surface area contributed by atoms with E-state index in [1.54, 1.807) is 23.2 Å². The number of ketones is 1. The standard InChI is InChI=1S/C18H19N3O4S/c1-13(22)15-4-6-16(7-5-15)26(24,25)20-12-14-8-9-19-17(11-14)21-10-2-3-18(21)23/h4-9,11,20H,2-3,10,12H2,1H3. The molecule has 136 valence electrons. The third-order valence-corrected chi connectivity index (χ3v) is 5.61. The smallest absolute Gasteiger partial charge is 0.240 e. The van der Waals surface area contributed by atoms with Crippen LogP contribution in [0.25, 0.3) is 0 Å². The summed E-state index contributed by atoms with van der Waals surface area (Å²) in [6.07, 6.45) is 2.87. The molecule has 1 saturated heterocycles. The van der Waals surface area contributed by atoms with Crippen LogP contribution in [0.2, 0.25) is 0 Å². The monoisotopic (exact) mass is 373 g/mol. The van der Waals surface area contributed by atoms with Crippen LogP contribution in [0.5, 0.6) is 0 Å². The summed E-state index contributed by atoms with van der Waals surface area (Å²) >= 11 is 0. The fourth-order valence-electron chi connectivity index (χ4n) is 2.74. The lowest BCUT2D eigenvalue weighted by atomic mass is 10.2. The quantitative estimate of drug-likeness (QED) is 0.780. The van der Waals surface area contributed by atoms with Crippen molar-refractivity contribution in [3.63, 3.8) is 0 Å². The number of pyridine rings is 1. The lowest BCUT2D eigenvalue weighted by Gasteiger charge is -2.15. The van der Waals surface area contributed by atoms with Gasteiger partial charge in [-0.15, -0.1) is 0 Å². The maximum atomic E-state index is 12.4. The molecule has 0 radical (unpaired) electrons. The maximum Gasteiger partial charge on any atom is 0.240 e. The van der Waals surface area contributed by atoms with Crippen molar-refractivity contribution in [3.05, 3.63) is 53.7 Å². The van der Waals surface area contributed by atoms with E-state index < -0.39 is 10.0 Å². The molecule has 1 aromatic heterocycles. The Kier molecular flexibility index (Phi) is 5.15. The lowest BCUT2D eigenvalue weighted by Crippen LogP contribution is -2.26. The van der Waals surface area contributed by atoms with Crippen LogP contribution in [0.1, 0.15) is 35.7 Å². The first kappa shape index (κ1) is 18.2. The van der Waals surface area contributed by atoms with Crippen LogP contribution in [0, 0.1) is 0 Å². The molecule has 0 atom stereocenters. The number of benzene rings is 1. The number of nitrogens with zero attached hydrogens (tertiary/aromatic N) is 2. The molecule has 26 heavy (non-hydrogen) atoms. The Morgan fingerprint density at radius 1 is 1.23 bits per heavy atom. The normalized spacial score (nSPS) is 14.7. The fraction of sp³-hybridized carbons (Fsp3) is 0.278. The van der Waals surface area contributed by atoms with Gasteiger partial charge in [-0.25, -0.2) is 18.1 Å². The number of Topliss-reactive ketones (excluding diaryl/α,β-unsaturated/α-hetero) is 1. The zero-order valence-corrected chi connectivity index (χ0v) is 15.1. The van der Waals surface area contributed by atoms with Crippen molar-refractivity contribution in [2.45, 2.75) is 31.2 Å². The molecule has 2 aromatic rings. The van der Waals surface area contributed by atoms with Crippen molar-refractivity contribution in [3.8, 4) is 0 Å². The van der Waals surface area contributed by atoms with Gasteiger partial charge < -0.3 is 0 Å². The van der Waals surface area contributed by atoms with Crippen LogP contribution in [-0.4, -0.2) is 31.6 Å². The topological polar surface area (TPSA) is 96.4 Å².